The fourth-order valence-corrected chi connectivity index (χ4v) is 6.76. The first-order valence-electron chi connectivity index (χ1n) is 12.8. The molecule has 0 aliphatic rings. The van der Waals surface area contributed by atoms with Gasteiger partial charge in [0.2, 0.25) is 15.8 Å². The number of benzene rings is 3. The van der Waals surface area contributed by atoms with Crippen LogP contribution in [0.2, 0.25) is 10.0 Å². The molecule has 3 aromatic carbocycles. The van der Waals surface area contributed by atoms with E-state index < -0.39 is 33.7 Å². The lowest BCUT2D eigenvalue weighted by atomic mass is 10.0. The summed E-state index contributed by atoms with van der Waals surface area (Å²) in [4.78, 5) is 39.5. The average molecular weight is 656 g/mol. The number of carbonyl (C=O) groups is 3. The van der Waals surface area contributed by atoms with Gasteiger partial charge in [0, 0.05) is 29.4 Å². The number of hydrogen-bond donors (Lipinski definition) is 3. The summed E-state index contributed by atoms with van der Waals surface area (Å²) >= 11 is 13.2. The Hall–Kier alpha value is -4.05. The van der Waals surface area contributed by atoms with E-state index >= 15 is 0 Å². The Balaban J connectivity index is 1.37. The Bertz CT molecular complexity index is 1800. The molecule has 0 aliphatic heterocycles. The normalized spacial score (nSPS) is 11.7. The van der Waals surface area contributed by atoms with Crippen molar-refractivity contribution in [1.82, 2.24) is 15.4 Å². The van der Waals surface area contributed by atoms with Crippen LogP contribution in [0.4, 0.5) is 0 Å². The average Bonchev–Trinajstić information content (AvgIpc) is 3.52. The van der Waals surface area contributed by atoms with E-state index in [2.05, 4.69) is 15.4 Å². The second-order valence-corrected chi connectivity index (χ2v) is 13.1. The van der Waals surface area contributed by atoms with Crippen LogP contribution < -0.4 is 15.4 Å². The highest BCUT2D eigenvalue weighted by Gasteiger charge is 2.28. The third kappa shape index (κ3) is 8.50. The van der Waals surface area contributed by atoms with Crippen molar-refractivity contribution in [3.63, 3.8) is 0 Å². The van der Waals surface area contributed by atoms with Crippen molar-refractivity contribution in [2.24, 2.45) is 0 Å². The molecule has 1 aromatic heterocycles. The van der Waals surface area contributed by atoms with Crippen molar-refractivity contribution in [1.29, 1.82) is 5.26 Å². The molecule has 0 fully saturated rings. The van der Waals surface area contributed by atoms with Gasteiger partial charge in [-0.05, 0) is 53.6 Å². The van der Waals surface area contributed by atoms with Crippen LogP contribution in [0, 0.1) is 11.3 Å². The van der Waals surface area contributed by atoms with Crippen molar-refractivity contribution in [2.75, 3.05) is 13.1 Å². The minimum atomic E-state index is -3.91. The highest BCUT2D eigenvalue weighted by atomic mass is 35.5. The number of hydrogen-bond acceptors (Lipinski definition) is 7. The summed E-state index contributed by atoms with van der Waals surface area (Å²) in [5.41, 5.74) is 1.92. The standard InChI is InChI=1S/C30H24Cl2N4O5S2/c31-22-9-10-24(32)23(17-22)29(38)36-25(16-19-5-2-1-3-6-19)28(37)30(39)34-13-14-35-43(40,41)27-12-11-26(42-27)21-8-4-7-20(15-21)18-33/h1-12,15,17,25,35H,13-14,16H2,(H,34,39)(H,36,38)/t25-/m0/s1. The molecule has 0 radical (unpaired) electrons. The molecule has 0 unspecified atom stereocenters. The van der Waals surface area contributed by atoms with E-state index in [-0.39, 0.29) is 39.3 Å². The lowest BCUT2D eigenvalue weighted by molar-refractivity contribution is -0.138. The number of carbonyl (C=O) groups excluding carboxylic acids is 3. The summed E-state index contributed by atoms with van der Waals surface area (Å²) in [5, 5.41) is 14.5. The second kappa shape index (κ2) is 14.4. The van der Waals surface area contributed by atoms with Gasteiger partial charge in [0.05, 0.1) is 22.2 Å². The first-order chi connectivity index (χ1) is 20.6. The van der Waals surface area contributed by atoms with Crippen LogP contribution in [-0.4, -0.2) is 45.1 Å². The zero-order valence-corrected chi connectivity index (χ0v) is 25.5. The monoisotopic (exact) mass is 654 g/mol. The van der Waals surface area contributed by atoms with Crippen molar-refractivity contribution in [3.8, 4) is 16.5 Å². The molecule has 13 heteroatoms. The Labute approximate surface area is 262 Å². The summed E-state index contributed by atoms with van der Waals surface area (Å²) in [6.07, 6.45) is 0.0294. The topological polar surface area (TPSA) is 145 Å². The smallest absolute Gasteiger partial charge is 0.289 e. The summed E-state index contributed by atoms with van der Waals surface area (Å²) < 4.78 is 28.0. The molecule has 0 saturated heterocycles. The molecular weight excluding hydrogens is 631 g/mol. The van der Waals surface area contributed by atoms with Gasteiger partial charge in [-0.1, -0.05) is 65.7 Å². The number of nitriles is 1. The molecule has 0 spiro atoms. The van der Waals surface area contributed by atoms with Gasteiger partial charge in [-0.2, -0.15) is 5.26 Å². The van der Waals surface area contributed by atoms with Crippen LogP contribution >= 0.6 is 34.5 Å². The van der Waals surface area contributed by atoms with Crippen molar-refractivity contribution in [2.45, 2.75) is 16.7 Å². The maximum Gasteiger partial charge on any atom is 0.289 e. The maximum absolute atomic E-state index is 13.1. The molecule has 1 atom stereocenters. The van der Waals surface area contributed by atoms with E-state index in [0.29, 0.717) is 21.6 Å². The molecule has 4 aromatic rings. The van der Waals surface area contributed by atoms with Crippen molar-refractivity contribution in [3.05, 3.63) is 112 Å². The van der Waals surface area contributed by atoms with Gasteiger partial charge < -0.3 is 10.6 Å². The van der Waals surface area contributed by atoms with Crippen LogP contribution in [0.25, 0.3) is 10.4 Å². The number of nitrogens with one attached hydrogen (secondary N) is 3. The fraction of sp³-hybridized carbons (Fsp3) is 0.133. The molecule has 4 rings (SSSR count). The van der Waals surface area contributed by atoms with Gasteiger partial charge in [-0.15, -0.1) is 11.3 Å². The van der Waals surface area contributed by atoms with Gasteiger partial charge in [0.1, 0.15) is 10.3 Å². The Morgan fingerprint density at radius 3 is 2.42 bits per heavy atom. The minimum absolute atomic E-state index is 0.0294. The molecule has 0 saturated carbocycles. The fourth-order valence-electron chi connectivity index (χ4n) is 4.01. The number of Topliss-reactive ketones (excluding diaryl/α,β-unsaturated/α-hetero) is 1. The molecule has 1 heterocycles. The predicted octanol–water partition coefficient (Wildman–Crippen LogP) is 4.60. The van der Waals surface area contributed by atoms with E-state index in [1.807, 2.05) is 6.07 Å². The second-order valence-electron chi connectivity index (χ2n) is 9.17. The van der Waals surface area contributed by atoms with E-state index in [1.165, 1.54) is 24.3 Å². The van der Waals surface area contributed by atoms with Crippen LogP contribution in [0.15, 0.2) is 89.1 Å². The summed E-state index contributed by atoms with van der Waals surface area (Å²) in [7, 11) is -3.91. The molecule has 220 valence electrons. The largest absolute Gasteiger partial charge is 0.348 e. The molecule has 0 aliphatic carbocycles. The Morgan fingerprint density at radius 2 is 1.67 bits per heavy atom. The zero-order chi connectivity index (χ0) is 31.0. The quantitative estimate of drug-likeness (QED) is 0.150. The third-order valence-corrected chi connectivity index (χ3v) is 9.78. The number of sulfonamides is 1. The zero-order valence-electron chi connectivity index (χ0n) is 22.3. The maximum atomic E-state index is 13.1. The molecular formula is C30H24Cl2N4O5S2. The molecule has 0 bridgehead atoms. The Kier molecular flexibility index (Phi) is 10.7. The van der Waals surface area contributed by atoms with Crippen molar-refractivity contribution < 1.29 is 22.8 Å². The number of amides is 2. The summed E-state index contributed by atoms with van der Waals surface area (Å²) in [6, 6.07) is 23.9. The summed E-state index contributed by atoms with van der Waals surface area (Å²) in [5.74, 6) is -2.59. The van der Waals surface area contributed by atoms with Gasteiger partial charge in [0.25, 0.3) is 11.8 Å². The molecule has 9 nitrogen and oxygen atoms in total. The van der Waals surface area contributed by atoms with E-state index in [1.54, 1.807) is 60.7 Å². The van der Waals surface area contributed by atoms with E-state index in [0.717, 1.165) is 11.3 Å². The minimum Gasteiger partial charge on any atom is -0.348 e. The number of rotatable bonds is 12. The number of halogens is 2. The van der Waals surface area contributed by atoms with Crippen molar-refractivity contribution >= 4 is 62.2 Å². The lowest BCUT2D eigenvalue weighted by Crippen LogP contribution is -2.49. The molecule has 2 amide bonds. The van der Waals surface area contributed by atoms with Gasteiger partial charge in [-0.25, -0.2) is 13.1 Å². The van der Waals surface area contributed by atoms with Gasteiger partial charge in [-0.3, -0.25) is 14.4 Å². The summed E-state index contributed by atoms with van der Waals surface area (Å²) in [6.45, 7) is -0.370. The van der Waals surface area contributed by atoms with Crippen LogP contribution in [0.1, 0.15) is 21.5 Å². The third-order valence-electron chi connectivity index (χ3n) is 6.13. The highest BCUT2D eigenvalue weighted by molar-refractivity contribution is 7.91. The predicted molar refractivity (Wildman–Crippen MR) is 166 cm³/mol. The SMILES string of the molecule is N#Cc1cccc(-c2ccc(S(=O)(=O)NCCNC(=O)C(=O)[C@H](Cc3ccccc3)NC(=O)c3cc(Cl)ccc3Cl)s2)c1. The van der Waals surface area contributed by atoms with Gasteiger partial charge >= 0.3 is 0 Å². The van der Waals surface area contributed by atoms with E-state index in [9.17, 15) is 22.8 Å². The first-order valence-corrected chi connectivity index (χ1v) is 15.8. The van der Waals surface area contributed by atoms with Crippen LogP contribution in [-0.2, 0) is 26.0 Å². The first kappa shape index (κ1) is 31.9. The number of thiophene rings is 1. The molecule has 3 N–H and O–H groups in total. The number of ketones is 1. The highest BCUT2D eigenvalue weighted by Crippen LogP contribution is 2.31. The van der Waals surface area contributed by atoms with Crippen LogP contribution in [0.3, 0.4) is 0 Å². The number of nitrogens with zero attached hydrogens (tertiary/aromatic N) is 1. The lowest BCUT2D eigenvalue weighted by Gasteiger charge is -2.18. The van der Waals surface area contributed by atoms with Gasteiger partial charge in [0.15, 0.2) is 0 Å². The van der Waals surface area contributed by atoms with E-state index in [4.69, 9.17) is 28.5 Å². The molecule has 43 heavy (non-hydrogen) atoms. The Morgan fingerprint density at radius 1 is 0.907 bits per heavy atom. The van der Waals surface area contributed by atoms with Crippen LogP contribution in [0.5, 0.6) is 0 Å².